The molecule has 2 aromatic carbocycles. The quantitative estimate of drug-likeness (QED) is 0.658. The van der Waals surface area contributed by atoms with E-state index in [-0.39, 0.29) is 17.9 Å². The number of esters is 1. The summed E-state index contributed by atoms with van der Waals surface area (Å²) >= 11 is 0. The van der Waals surface area contributed by atoms with Crippen molar-refractivity contribution >= 4 is 11.9 Å². The molecule has 1 N–H and O–H groups in total. The fourth-order valence-electron chi connectivity index (χ4n) is 4.02. The minimum Gasteiger partial charge on any atom is -0.497 e. The summed E-state index contributed by atoms with van der Waals surface area (Å²) in [4.78, 5) is 26.4. The second-order valence-electron chi connectivity index (χ2n) is 8.11. The molecule has 0 spiro atoms. The van der Waals surface area contributed by atoms with Crippen molar-refractivity contribution in [1.29, 1.82) is 0 Å². The number of hydrogen-bond acceptors (Lipinski definition) is 5. The van der Waals surface area contributed by atoms with Gasteiger partial charge in [0.25, 0.3) is 0 Å². The number of hydrogen-bond donors (Lipinski definition) is 1. The summed E-state index contributed by atoms with van der Waals surface area (Å²) in [6.07, 6.45) is 3.26. The van der Waals surface area contributed by atoms with Crippen molar-refractivity contribution in [1.82, 2.24) is 10.2 Å². The van der Waals surface area contributed by atoms with Gasteiger partial charge in [0.15, 0.2) is 0 Å². The molecule has 6 nitrogen and oxygen atoms in total. The van der Waals surface area contributed by atoms with Crippen LogP contribution in [0, 0.1) is 5.92 Å². The Hall–Kier alpha value is -2.86. The number of likely N-dealkylation sites (tertiary alicyclic amines) is 1. The van der Waals surface area contributed by atoms with Crippen LogP contribution in [0.25, 0.3) is 0 Å². The van der Waals surface area contributed by atoms with E-state index in [1.54, 1.807) is 19.2 Å². The molecule has 0 saturated carbocycles. The molecule has 0 radical (unpaired) electrons. The van der Waals surface area contributed by atoms with Gasteiger partial charge in [-0.2, -0.15) is 0 Å². The van der Waals surface area contributed by atoms with E-state index in [0.717, 1.165) is 43.7 Å². The van der Waals surface area contributed by atoms with Crippen LogP contribution in [0.15, 0.2) is 48.5 Å². The molecule has 1 unspecified atom stereocenters. The smallest absolute Gasteiger partial charge is 0.337 e. The van der Waals surface area contributed by atoms with Crippen LogP contribution < -0.4 is 10.1 Å². The zero-order valence-electron chi connectivity index (χ0n) is 18.6. The zero-order chi connectivity index (χ0) is 22.2. The van der Waals surface area contributed by atoms with Crippen LogP contribution in [0.3, 0.4) is 0 Å². The maximum Gasteiger partial charge on any atom is 0.337 e. The van der Waals surface area contributed by atoms with Gasteiger partial charge in [0.2, 0.25) is 5.91 Å². The Morgan fingerprint density at radius 2 is 1.61 bits per heavy atom. The molecule has 31 heavy (non-hydrogen) atoms. The lowest BCUT2D eigenvalue weighted by Gasteiger charge is -2.35. The molecule has 0 bridgehead atoms. The van der Waals surface area contributed by atoms with Crippen molar-refractivity contribution < 1.29 is 19.1 Å². The number of ether oxygens (including phenoxy) is 2. The first-order valence-electron chi connectivity index (χ1n) is 10.8. The van der Waals surface area contributed by atoms with E-state index in [4.69, 9.17) is 9.47 Å². The average molecular weight is 425 g/mol. The van der Waals surface area contributed by atoms with Gasteiger partial charge in [-0.3, -0.25) is 9.69 Å². The molecule has 0 aromatic heterocycles. The van der Waals surface area contributed by atoms with Gasteiger partial charge in [0, 0.05) is 6.54 Å². The molecular formula is C25H32N2O4. The minimum atomic E-state index is -0.361. The third-order valence-electron chi connectivity index (χ3n) is 6.10. The first-order valence-corrected chi connectivity index (χ1v) is 10.8. The summed E-state index contributed by atoms with van der Waals surface area (Å²) < 4.78 is 9.93. The molecule has 1 fully saturated rings. The largest absolute Gasteiger partial charge is 0.497 e. The zero-order valence-corrected chi connectivity index (χ0v) is 18.6. The Bertz CT molecular complexity index is 856. The van der Waals surface area contributed by atoms with Gasteiger partial charge >= 0.3 is 5.97 Å². The molecule has 1 atom stereocenters. The van der Waals surface area contributed by atoms with Crippen LogP contribution in [-0.2, 0) is 22.5 Å². The highest BCUT2D eigenvalue weighted by molar-refractivity contribution is 5.89. The predicted octanol–water partition coefficient (Wildman–Crippen LogP) is 3.44. The normalized spacial score (nSPS) is 15.8. The maximum atomic E-state index is 12.6. The van der Waals surface area contributed by atoms with Crippen LogP contribution in [0.4, 0.5) is 0 Å². The van der Waals surface area contributed by atoms with E-state index >= 15 is 0 Å². The van der Waals surface area contributed by atoms with Gasteiger partial charge in [-0.25, -0.2) is 4.79 Å². The Kier molecular flexibility index (Phi) is 8.06. The van der Waals surface area contributed by atoms with Gasteiger partial charge in [-0.05, 0) is 80.6 Å². The Morgan fingerprint density at radius 1 is 1.00 bits per heavy atom. The molecule has 1 saturated heterocycles. The van der Waals surface area contributed by atoms with E-state index in [0.29, 0.717) is 18.0 Å². The standard InChI is InChI=1S/C25H32N2O4/c1-18(24(28)26-17-21-4-8-22(9-5-21)25(29)31-3)27-14-12-20(13-15-27)16-19-6-10-23(30-2)11-7-19/h4-11,18,20H,12-17H2,1-3H3,(H,26,28). The molecule has 166 valence electrons. The van der Waals surface area contributed by atoms with Gasteiger partial charge in [0.05, 0.1) is 25.8 Å². The number of nitrogens with zero attached hydrogens (tertiary/aromatic N) is 1. The van der Waals surface area contributed by atoms with Gasteiger partial charge < -0.3 is 14.8 Å². The number of piperidine rings is 1. The summed E-state index contributed by atoms with van der Waals surface area (Å²) in [6.45, 7) is 4.28. The lowest BCUT2D eigenvalue weighted by atomic mass is 9.89. The Morgan fingerprint density at radius 3 is 2.19 bits per heavy atom. The van der Waals surface area contributed by atoms with Gasteiger partial charge in [-0.1, -0.05) is 24.3 Å². The fraction of sp³-hybridized carbons (Fsp3) is 0.440. The van der Waals surface area contributed by atoms with E-state index in [9.17, 15) is 9.59 Å². The van der Waals surface area contributed by atoms with Crippen LogP contribution in [-0.4, -0.2) is 50.1 Å². The van der Waals surface area contributed by atoms with Crippen LogP contribution in [0.2, 0.25) is 0 Å². The van der Waals surface area contributed by atoms with Crippen molar-refractivity contribution in [3.63, 3.8) is 0 Å². The minimum absolute atomic E-state index is 0.0330. The second-order valence-corrected chi connectivity index (χ2v) is 8.11. The van der Waals surface area contributed by atoms with Crippen LogP contribution in [0.5, 0.6) is 5.75 Å². The van der Waals surface area contributed by atoms with E-state index in [1.165, 1.54) is 12.7 Å². The van der Waals surface area contributed by atoms with Crippen molar-refractivity contribution in [2.45, 2.75) is 38.8 Å². The topological polar surface area (TPSA) is 67.9 Å². The SMILES string of the molecule is COC(=O)c1ccc(CNC(=O)C(C)N2CCC(Cc3ccc(OC)cc3)CC2)cc1. The number of carbonyl (C=O) groups excluding carboxylic acids is 2. The lowest BCUT2D eigenvalue weighted by Crippen LogP contribution is -2.48. The molecular weight excluding hydrogens is 392 g/mol. The molecule has 1 amide bonds. The highest BCUT2D eigenvalue weighted by atomic mass is 16.5. The van der Waals surface area contributed by atoms with Crippen molar-refractivity contribution in [2.24, 2.45) is 5.92 Å². The number of methoxy groups -OCH3 is 2. The van der Waals surface area contributed by atoms with Crippen molar-refractivity contribution in [2.75, 3.05) is 27.3 Å². The molecule has 1 aliphatic rings. The first-order chi connectivity index (χ1) is 15.0. The second kappa shape index (κ2) is 11.0. The van der Waals surface area contributed by atoms with Crippen molar-refractivity contribution in [3.05, 3.63) is 65.2 Å². The monoisotopic (exact) mass is 424 g/mol. The van der Waals surface area contributed by atoms with E-state index in [1.807, 2.05) is 31.2 Å². The van der Waals surface area contributed by atoms with E-state index in [2.05, 4.69) is 22.3 Å². The molecule has 6 heteroatoms. The lowest BCUT2D eigenvalue weighted by molar-refractivity contribution is -0.126. The summed E-state index contributed by atoms with van der Waals surface area (Å²) in [7, 11) is 3.04. The molecule has 0 aliphatic carbocycles. The highest BCUT2D eigenvalue weighted by Crippen LogP contribution is 2.24. The predicted molar refractivity (Wildman–Crippen MR) is 120 cm³/mol. The molecule has 2 aromatic rings. The summed E-state index contributed by atoms with van der Waals surface area (Å²) in [5, 5.41) is 3.01. The van der Waals surface area contributed by atoms with Crippen molar-refractivity contribution in [3.8, 4) is 5.75 Å². The van der Waals surface area contributed by atoms with Crippen LogP contribution in [0.1, 0.15) is 41.3 Å². The first kappa shape index (κ1) is 22.8. The van der Waals surface area contributed by atoms with Gasteiger partial charge in [0.1, 0.15) is 5.75 Å². The third-order valence-corrected chi connectivity index (χ3v) is 6.10. The summed E-state index contributed by atoms with van der Waals surface area (Å²) in [5.74, 6) is 1.20. The van der Waals surface area contributed by atoms with E-state index < -0.39 is 0 Å². The summed E-state index contributed by atoms with van der Waals surface area (Å²) in [5.41, 5.74) is 2.79. The molecule has 1 heterocycles. The average Bonchev–Trinajstić information content (AvgIpc) is 2.83. The Balaban J connectivity index is 1.42. The summed E-state index contributed by atoms with van der Waals surface area (Å²) in [6, 6.07) is 15.2. The number of rotatable bonds is 8. The third kappa shape index (κ3) is 6.31. The number of carbonyl (C=O) groups is 2. The number of benzene rings is 2. The number of amides is 1. The number of nitrogens with one attached hydrogen (secondary N) is 1. The molecule has 1 aliphatic heterocycles. The molecule has 3 rings (SSSR count). The Labute approximate surface area is 184 Å². The fourth-order valence-corrected chi connectivity index (χ4v) is 4.02. The van der Waals surface area contributed by atoms with Crippen LogP contribution >= 0.6 is 0 Å². The van der Waals surface area contributed by atoms with Gasteiger partial charge in [-0.15, -0.1) is 0 Å². The maximum absolute atomic E-state index is 12.6. The highest BCUT2D eigenvalue weighted by Gasteiger charge is 2.26.